The highest BCUT2D eigenvalue weighted by molar-refractivity contribution is 6.38. The van der Waals surface area contributed by atoms with Gasteiger partial charge in [-0.1, -0.05) is 37.0 Å². The number of nitrogens with two attached hydrogens (primary N) is 1. The summed E-state index contributed by atoms with van der Waals surface area (Å²) in [6.07, 6.45) is 0. The van der Waals surface area contributed by atoms with Crippen LogP contribution in [0.4, 0.5) is 5.69 Å². The molecule has 0 heterocycles. The molecule has 0 aliphatic heterocycles. The standard InChI is InChI=1S/C13H20Cl2N2/c1-8(2)9(3)17(4)7-10-5-11(14)13(16)12(15)6-10/h5-6,8-9H,7,16H2,1-4H3. The molecule has 0 saturated carbocycles. The lowest BCUT2D eigenvalue weighted by Crippen LogP contribution is -2.32. The maximum Gasteiger partial charge on any atom is 0.0693 e. The Morgan fingerprint density at radius 3 is 2.06 bits per heavy atom. The monoisotopic (exact) mass is 274 g/mol. The zero-order valence-corrected chi connectivity index (χ0v) is 12.3. The van der Waals surface area contributed by atoms with Crippen molar-refractivity contribution < 1.29 is 0 Å². The highest BCUT2D eigenvalue weighted by Gasteiger charge is 2.14. The van der Waals surface area contributed by atoms with Crippen LogP contribution in [-0.4, -0.2) is 18.0 Å². The molecular weight excluding hydrogens is 255 g/mol. The van der Waals surface area contributed by atoms with E-state index in [4.69, 9.17) is 28.9 Å². The van der Waals surface area contributed by atoms with E-state index in [0.29, 0.717) is 27.7 Å². The summed E-state index contributed by atoms with van der Waals surface area (Å²) < 4.78 is 0. The predicted molar refractivity (Wildman–Crippen MR) is 76.6 cm³/mol. The molecule has 0 radical (unpaired) electrons. The predicted octanol–water partition coefficient (Wildman–Crippen LogP) is 4.05. The third-order valence-corrected chi connectivity index (χ3v) is 3.86. The van der Waals surface area contributed by atoms with Gasteiger partial charge in [-0.05, 0) is 37.6 Å². The van der Waals surface area contributed by atoms with Crippen LogP contribution in [0.5, 0.6) is 0 Å². The second-order valence-corrected chi connectivity index (χ2v) is 5.69. The molecule has 0 bridgehead atoms. The van der Waals surface area contributed by atoms with Gasteiger partial charge in [-0.2, -0.15) is 0 Å². The first kappa shape index (κ1) is 14.6. The number of nitrogen functional groups attached to an aromatic ring is 1. The quantitative estimate of drug-likeness (QED) is 0.840. The van der Waals surface area contributed by atoms with E-state index < -0.39 is 0 Å². The Kier molecular flexibility index (Phi) is 5.11. The van der Waals surface area contributed by atoms with Crippen LogP contribution in [0, 0.1) is 5.92 Å². The van der Waals surface area contributed by atoms with Gasteiger partial charge in [0, 0.05) is 12.6 Å². The third kappa shape index (κ3) is 3.77. The number of anilines is 1. The number of hydrogen-bond acceptors (Lipinski definition) is 2. The van der Waals surface area contributed by atoms with E-state index in [1.807, 2.05) is 12.1 Å². The first-order valence-electron chi connectivity index (χ1n) is 5.76. The smallest absolute Gasteiger partial charge is 0.0693 e. The molecule has 17 heavy (non-hydrogen) atoms. The van der Waals surface area contributed by atoms with Crippen LogP contribution >= 0.6 is 23.2 Å². The first-order chi connectivity index (χ1) is 7.82. The fourth-order valence-electron chi connectivity index (χ4n) is 1.67. The average molecular weight is 275 g/mol. The number of nitrogens with zero attached hydrogens (tertiary/aromatic N) is 1. The van der Waals surface area contributed by atoms with Crippen molar-refractivity contribution >= 4 is 28.9 Å². The van der Waals surface area contributed by atoms with Gasteiger partial charge in [0.15, 0.2) is 0 Å². The van der Waals surface area contributed by atoms with Gasteiger partial charge in [0.1, 0.15) is 0 Å². The Morgan fingerprint density at radius 2 is 1.65 bits per heavy atom. The molecule has 2 nitrogen and oxygen atoms in total. The summed E-state index contributed by atoms with van der Waals surface area (Å²) in [5.74, 6) is 0.611. The maximum absolute atomic E-state index is 6.02. The molecule has 0 fully saturated rings. The second-order valence-electron chi connectivity index (χ2n) is 4.87. The van der Waals surface area contributed by atoms with Crippen LogP contribution in [0.3, 0.4) is 0 Å². The van der Waals surface area contributed by atoms with Gasteiger partial charge in [-0.15, -0.1) is 0 Å². The van der Waals surface area contributed by atoms with E-state index in [1.54, 1.807) is 0 Å². The normalized spacial score (nSPS) is 13.4. The minimum atomic E-state index is 0.455. The summed E-state index contributed by atoms with van der Waals surface area (Å²) in [5, 5.41) is 1.05. The van der Waals surface area contributed by atoms with Gasteiger partial charge in [0.05, 0.1) is 15.7 Å². The summed E-state index contributed by atoms with van der Waals surface area (Å²) in [4.78, 5) is 2.28. The van der Waals surface area contributed by atoms with Crippen molar-refractivity contribution in [3.05, 3.63) is 27.7 Å². The van der Waals surface area contributed by atoms with Crippen LogP contribution in [0.2, 0.25) is 10.0 Å². The minimum Gasteiger partial charge on any atom is -0.396 e. The maximum atomic E-state index is 6.02. The molecular formula is C13H20Cl2N2. The van der Waals surface area contributed by atoms with Crippen molar-refractivity contribution in [1.82, 2.24) is 4.90 Å². The van der Waals surface area contributed by atoms with Crippen molar-refractivity contribution in [2.75, 3.05) is 12.8 Å². The Labute approximate surface area is 114 Å². The minimum absolute atomic E-state index is 0.455. The topological polar surface area (TPSA) is 29.3 Å². The molecule has 96 valence electrons. The lowest BCUT2D eigenvalue weighted by molar-refractivity contribution is 0.200. The molecule has 1 aromatic carbocycles. The zero-order chi connectivity index (χ0) is 13.2. The molecule has 0 aromatic heterocycles. The molecule has 1 aromatic rings. The molecule has 0 aliphatic rings. The molecule has 1 rings (SSSR count). The van der Waals surface area contributed by atoms with Gasteiger partial charge in [0.2, 0.25) is 0 Å². The van der Waals surface area contributed by atoms with E-state index in [-0.39, 0.29) is 0 Å². The number of halogens is 2. The molecule has 0 saturated heterocycles. The SMILES string of the molecule is CC(C)C(C)N(C)Cc1cc(Cl)c(N)c(Cl)c1. The van der Waals surface area contributed by atoms with Crippen molar-refractivity contribution in [3.63, 3.8) is 0 Å². The summed E-state index contributed by atoms with van der Waals surface area (Å²) >= 11 is 12.0. The lowest BCUT2D eigenvalue weighted by Gasteiger charge is -2.28. The van der Waals surface area contributed by atoms with Gasteiger partial charge in [0.25, 0.3) is 0 Å². The van der Waals surface area contributed by atoms with Gasteiger partial charge in [-0.25, -0.2) is 0 Å². The summed E-state index contributed by atoms with van der Waals surface area (Å²) in [6.45, 7) is 7.46. The molecule has 4 heteroatoms. The number of benzene rings is 1. The molecule has 0 spiro atoms. The first-order valence-corrected chi connectivity index (χ1v) is 6.52. The Balaban J connectivity index is 2.82. The van der Waals surface area contributed by atoms with Crippen LogP contribution in [0.1, 0.15) is 26.3 Å². The largest absolute Gasteiger partial charge is 0.396 e. The third-order valence-electron chi connectivity index (χ3n) is 3.23. The van der Waals surface area contributed by atoms with Gasteiger partial charge < -0.3 is 5.73 Å². The number of rotatable bonds is 4. The van der Waals surface area contributed by atoms with Crippen LogP contribution in [0.25, 0.3) is 0 Å². The second kappa shape index (κ2) is 5.94. The van der Waals surface area contributed by atoms with Crippen molar-refractivity contribution in [3.8, 4) is 0 Å². The van der Waals surface area contributed by atoms with Crippen LogP contribution in [0.15, 0.2) is 12.1 Å². The van der Waals surface area contributed by atoms with Crippen molar-refractivity contribution in [1.29, 1.82) is 0 Å². The molecule has 1 atom stereocenters. The van der Waals surface area contributed by atoms with E-state index in [1.165, 1.54) is 0 Å². The summed E-state index contributed by atoms with van der Waals surface area (Å²) in [5.41, 5.74) is 7.25. The fraction of sp³-hybridized carbons (Fsp3) is 0.538. The summed E-state index contributed by atoms with van der Waals surface area (Å²) in [6, 6.07) is 4.27. The van der Waals surface area contributed by atoms with Crippen LogP contribution in [-0.2, 0) is 6.54 Å². The highest BCUT2D eigenvalue weighted by atomic mass is 35.5. The molecule has 0 amide bonds. The summed E-state index contributed by atoms with van der Waals surface area (Å²) in [7, 11) is 2.10. The van der Waals surface area contributed by atoms with E-state index in [9.17, 15) is 0 Å². The average Bonchev–Trinajstić information content (AvgIpc) is 2.24. The number of hydrogen-bond donors (Lipinski definition) is 1. The fourth-order valence-corrected chi connectivity index (χ4v) is 2.20. The Hall–Kier alpha value is -0.440. The van der Waals surface area contributed by atoms with Crippen molar-refractivity contribution in [2.45, 2.75) is 33.4 Å². The molecule has 1 unspecified atom stereocenters. The Bertz CT molecular complexity index is 368. The highest BCUT2D eigenvalue weighted by Crippen LogP contribution is 2.29. The molecule has 0 aliphatic carbocycles. The Morgan fingerprint density at radius 1 is 1.18 bits per heavy atom. The lowest BCUT2D eigenvalue weighted by atomic mass is 10.0. The van der Waals surface area contributed by atoms with Crippen molar-refractivity contribution in [2.24, 2.45) is 5.92 Å². The van der Waals surface area contributed by atoms with Crippen LogP contribution < -0.4 is 5.73 Å². The molecule has 2 N–H and O–H groups in total. The van der Waals surface area contributed by atoms with E-state index in [0.717, 1.165) is 12.1 Å². The zero-order valence-electron chi connectivity index (χ0n) is 10.8. The van der Waals surface area contributed by atoms with Gasteiger partial charge >= 0.3 is 0 Å². The van der Waals surface area contributed by atoms with Gasteiger partial charge in [-0.3, -0.25) is 4.90 Å². The van der Waals surface area contributed by atoms with E-state index in [2.05, 4.69) is 32.7 Å². The van der Waals surface area contributed by atoms with E-state index >= 15 is 0 Å².